The number of rotatable bonds is 14. The van der Waals surface area contributed by atoms with Crippen LogP contribution >= 0.6 is 0 Å². The number of imidazole rings is 1. The van der Waals surface area contributed by atoms with Gasteiger partial charge in [0, 0.05) is 30.8 Å². The zero-order valence-electron chi connectivity index (χ0n) is 28.6. The number of hydrogen-bond donors (Lipinski definition) is 3. The van der Waals surface area contributed by atoms with Crippen LogP contribution in [0.5, 0.6) is 5.75 Å². The number of Topliss-reactive ketones (excluding diaryl/α,β-unsaturated/α-hetero) is 1. The van der Waals surface area contributed by atoms with Gasteiger partial charge in [-0.3, -0.25) is 19.2 Å². The van der Waals surface area contributed by atoms with Crippen LogP contribution in [0.15, 0.2) is 97.5 Å². The molecule has 262 valence electrons. The van der Waals surface area contributed by atoms with E-state index in [4.69, 9.17) is 15.2 Å². The summed E-state index contributed by atoms with van der Waals surface area (Å²) in [5, 5.41) is 5.44. The first kappa shape index (κ1) is 36.0. The zero-order valence-corrected chi connectivity index (χ0v) is 28.6. The summed E-state index contributed by atoms with van der Waals surface area (Å²) in [5.74, 6) is -0.459. The molecule has 1 aliphatic rings. The molecule has 12 heteroatoms. The Morgan fingerprint density at radius 2 is 1.58 bits per heavy atom. The Kier molecular flexibility index (Phi) is 11.8. The van der Waals surface area contributed by atoms with Crippen molar-refractivity contribution in [3.05, 3.63) is 114 Å². The van der Waals surface area contributed by atoms with E-state index < -0.39 is 29.4 Å². The molecule has 0 aliphatic carbocycles. The van der Waals surface area contributed by atoms with E-state index in [2.05, 4.69) is 15.6 Å². The van der Waals surface area contributed by atoms with Crippen LogP contribution in [0.4, 0.5) is 5.82 Å². The van der Waals surface area contributed by atoms with E-state index >= 15 is 0 Å². The summed E-state index contributed by atoms with van der Waals surface area (Å²) in [5.41, 5.74) is 7.05. The van der Waals surface area contributed by atoms with E-state index in [-0.39, 0.29) is 36.6 Å². The van der Waals surface area contributed by atoms with Crippen molar-refractivity contribution in [3.63, 3.8) is 0 Å². The normalized spacial score (nSPS) is 14.8. The van der Waals surface area contributed by atoms with Gasteiger partial charge in [-0.25, -0.2) is 4.98 Å². The number of likely N-dealkylation sites (tertiary alicyclic amines) is 1. The maximum Gasteiger partial charge on any atom is 0.250 e. The van der Waals surface area contributed by atoms with Gasteiger partial charge in [0.1, 0.15) is 17.8 Å². The monoisotopic (exact) mass is 680 g/mol. The highest BCUT2D eigenvalue weighted by Gasteiger charge is 2.34. The highest BCUT2D eigenvalue weighted by molar-refractivity contribution is 5.99. The molecule has 4 aromatic rings. The Balaban J connectivity index is 1.27. The van der Waals surface area contributed by atoms with Crippen LogP contribution in [0.1, 0.15) is 54.2 Å². The smallest absolute Gasteiger partial charge is 0.250 e. The average Bonchev–Trinajstić information content (AvgIpc) is 3.59. The van der Waals surface area contributed by atoms with E-state index in [1.54, 1.807) is 60.9 Å². The fourth-order valence-electron chi connectivity index (χ4n) is 5.76. The Hall–Kier alpha value is -5.33. The second-order valence-electron chi connectivity index (χ2n) is 12.9. The molecule has 1 aromatic heterocycles. The maximum absolute atomic E-state index is 14.1. The lowest BCUT2D eigenvalue weighted by molar-refractivity contribution is -0.134. The van der Waals surface area contributed by atoms with Crippen LogP contribution in [-0.4, -0.2) is 76.3 Å². The third-order valence-electron chi connectivity index (χ3n) is 8.66. The topological polar surface area (TPSA) is 158 Å². The average molecular weight is 681 g/mol. The summed E-state index contributed by atoms with van der Waals surface area (Å²) in [6, 6.07) is 24.1. The zero-order chi connectivity index (χ0) is 35.7. The fraction of sp³-hybridized carbons (Fsp3) is 0.342. The van der Waals surface area contributed by atoms with Gasteiger partial charge in [0.2, 0.25) is 11.8 Å². The van der Waals surface area contributed by atoms with Crippen molar-refractivity contribution in [2.45, 2.75) is 50.9 Å². The summed E-state index contributed by atoms with van der Waals surface area (Å²) in [4.78, 5) is 59.7. The number of nitrogens with two attached hydrogens (primary N) is 1. The predicted octanol–water partition coefficient (Wildman–Crippen LogP) is 3.98. The van der Waals surface area contributed by atoms with Crippen molar-refractivity contribution in [2.75, 3.05) is 32.1 Å². The number of ether oxygens (including phenoxy) is 2. The number of carbonyl (C=O) groups is 4. The number of hydrogen-bond acceptors (Lipinski definition) is 8. The predicted molar refractivity (Wildman–Crippen MR) is 188 cm³/mol. The first-order valence-corrected chi connectivity index (χ1v) is 16.6. The molecule has 1 fully saturated rings. The molecular weight excluding hydrogens is 636 g/mol. The van der Waals surface area contributed by atoms with Crippen molar-refractivity contribution < 1.29 is 28.7 Å². The molecule has 2 heterocycles. The van der Waals surface area contributed by atoms with E-state index in [9.17, 15) is 19.2 Å². The number of carbonyl (C=O) groups excluding carboxylic acids is 4. The van der Waals surface area contributed by atoms with Crippen LogP contribution in [0.3, 0.4) is 0 Å². The summed E-state index contributed by atoms with van der Waals surface area (Å²) < 4.78 is 12.7. The number of aromatic nitrogens is 2. The Labute approximate surface area is 292 Å². The van der Waals surface area contributed by atoms with Crippen molar-refractivity contribution in [3.8, 4) is 5.75 Å². The molecule has 3 amide bonds. The lowest BCUT2D eigenvalue weighted by atomic mass is 9.88. The number of piperidine rings is 1. The first-order valence-electron chi connectivity index (χ1n) is 16.6. The number of nitrogens with one attached hydrogen (secondary N) is 2. The van der Waals surface area contributed by atoms with Gasteiger partial charge in [-0.1, -0.05) is 60.7 Å². The largest absolute Gasteiger partial charge is 0.497 e. The number of amides is 3. The van der Waals surface area contributed by atoms with Crippen molar-refractivity contribution in [1.82, 2.24) is 19.8 Å². The first-order chi connectivity index (χ1) is 24.0. The minimum Gasteiger partial charge on any atom is -0.497 e. The van der Waals surface area contributed by atoms with E-state index in [0.717, 1.165) is 11.1 Å². The molecule has 0 saturated carbocycles. The van der Waals surface area contributed by atoms with Gasteiger partial charge in [-0.2, -0.15) is 0 Å². The lowest BCUT2D eigenvalue weighted by Crippen LogP contribution is -2.56. The molecule has 1 unspecified atom stereocenters. The molecule has 5 rings (SSSR count). The minimum atomic E-state index is -1.22. The molecule has 0 radical (unpaired) electrons. The number of nitrogens with zero attached hydrogens (tertiary/aromatic N) is 3. The summed E-state index contributed by atoms with van der Waals surface area (Å²) in [6.45, 7) is 4.08. The quantitative estimate of drug-likeness (QED) is 0.169. The van der Waals surface area contributed by atoms with E-state index in [0.29, 0.717) is 37.2 Å². The Morgan fingerprint density at radius 3 is 2.20 bits per heavy atom. The number of ketones is 1. The van der Waals surface area contributed by atoms with Crippen LogP contribution in [0.2, 0.25) is 0 Å². The summed E-state index contributed by atoms with van der Waals surface area (Å²) in [6.07, 6.45) is 4.17. The number of anilines is 1. The summed E-state index contributed by atoms with van der Waals surface area (Å²) in [7, 11) is 1.58. The van der Waals surface area contributed by atoms with Crippen LogP contribution in [0, 0.1) is 5.92 Å². The van der Waals surface area contributed by atoms with Crippen LogP contribution < -0.4 is 21.1 Å². The van der Waals surface area contributed by atoms with E-state index in [1.807, 2.05) is 60.7 Å². The molecule has 1 aliphatic heterocycles. The van der Waals surface area contributed by atoms with Gasteiger partial charge in [0.15, 0.2) is 11.6 Å². The third-order valence-corrected chi connectivity index (χ3v) is 8.66. The van der Waals surface area contributed by atoms with Gasteiger partial charge in [0.05, 0.1) is 32.2 Å². The molecule has 2 atom stereocenters. The molecule has 1 saturated heterocycles. The standard InChI is InChI=1S/C38H44N6O6/c1-38(2,39)37(48)41-31(24-50-23-26-10-6-4-7-11-26)35(46)42-32-22-44(25-40-32)33(27-12-8-5-9-13-27)36(47)43-20-18-29(19-21-43)34(45)28-14-16-30(49-3)17-15-28/h4-17,22,25,29,31,33H,18-21,23-24,39H2,1-3H3,(H,41,48)(H,42,46)/t31-,33?/m1/s1. The molecule has 3 aromatic carbocycles. The fourth-order valence-corrected chi connectivity index (χ4v) is 5.76. The molecule has 0 bridgehead atoms. The second-order valence-corrected chi connectivity index (χ2v) is 12.9. The van der Waals surface area contributed by atoms with Crippen LogP contribution in [-0.2, 0) is 25.7 Å². The Bertz CT molecular complexity index is 1750. The Morgan fingerprint density at radius 1 is 0.940 bits per heavy atom. The van der Waals surface area contributed by atoms with Crippen LogP contribution in [0.25, 0.3) is 0 Å². The molecule has 12 nitrogen and oxygen atoms in total. The van der Waals surface area contributed by atoms with Gasteiger partial charge < -0.3 is 35.3 Å². The lowest BCUT2D eigenvalue weighted by Gasteiger charge is -2.34. The second kappa shape index (κ2) is 16.4. The van der Waals surface area contributed by atoms with Gasteiger partial charge in [-0.15, -0.1) is 0 Å². The van der Waals surface area contributed by atoms with Gasteiger partial charge in [0.25, 0.3) is 5.91 Å². The SMILES string of the molecule is COc1ccc(C(=O)C2CCN(C(=O)C(c3ccccc3)n3cnc(NC(=O)[C@@H](COCc4ccccc4)NC(=O)C(C)(C)N)c3)CC2)cc1. The highest BCUT2D eigenvalue weighted by Crippen LogP contribution is 2.28. The van der Waals surface area contributed by atoms with Crippen molar-refractivity contribution in [2.24, 2.45) is 11.7 Å². The molecular formula is C38H44N6O6. The molecule has 0 spiro atoms. The number of benzene rings is 3. The highest BCUT2D eigenvalue weighted by atomic mass is 16.5. The van der Waals surface area contributed by atoms with Crippen molar-refractivity contribution >= 4 is 29.3 Å². The third kappa shape index (κ3) is 9.21. The molecule has 4 N–H and O–H groups in total. The molecule has 50 heavy (non-hydrogen) atoms. The van der Waals surface area contributed by atoms with Gasteiger partial charge >= 0.3 is 0 Å². The summed E-state index contributed by atoms with van der Waals surface area (Å²) >= 11 is 0. The van der Waals surface area contributed by atoms with Crippen molar-refractivity contribution in [1.29, 1.82) is 0 Å². The maximum atomic E-state index is 14.1. The van der Waals surface area contributed by atoms with E-state index in [1.165, 1.54) is 6.33 Å². The number of methoxy groups -OCH3 is 1. The van der Waals surface area contributed by atoms with Gasteiger partial charge in [-0.05, 0) is 62.1 Å². The minimum absolute atomic E-state index is 0.0596.